The lowest BCUT2D eigenvalue weighted by atomic mass is 10.1. The fourth-order valence-electron chi connectivity index (χ4n) is 1.09. The Morgan fingerprint density at radius 1 is 1.50 bits per heavy atom. The number of methoxy groups -OCH3 is 1. The average molecular weight is 196 g/mol. The van der Waals surface area contributed by atoms with Gasteiger partial charge in [-0.1, -0.05) is 6.07 Å². The highest BCUT2D eigenvalue weighted by atomic mass is 16.5. The number of esters is 1. The Balaban J connectivity index is 3.15. The van der Waals surface area contributed by atoms with Crippen molar-refractivity contribution in [1.29, 1.82) is 0 Å². The SMILES string of the molecule is COC(=O)c1cc(C(C)O)ccc1O. The number of carbonyl (C=O) groups is 1. The van der Waals surface area contributed by atoms with Gasteiger partial charge in [-0.25, -0.2) is 4.79 Å². The number of carbonyl (C=O) groups excluding carboxylic acids is 1. The maximum Gasteiger partial charge on any atom is 0.341 e. The molecule has 0 bridgehead atoms. The number of aromatic hydroxyl groups is 1. The van der Waals surface area contributed by atoms with Crippen molar-refractivity contribution in [3.63, 3.8) is 0 Å². The van der Waals surface area contributed by atoms with Gasteiger partial charge in [0.05, 0.1) is 13.2 Å². The van der Waals surface area contributed by atoms with Gasteiger partial charge in [0.25, 0.3) is 0 Å². The summed E-state index contributed by atoms with van der Waals surface area (Å²) < 4.78 is 4.47. The molecule has 0 saturated carbocycles. The lowest BCUT2D eigenvalue weighted by Gasteiger charge is -2.07. The van der Waals surface area contributed by atoms with Crippen LogP contribution >= 0.6 is 0 Å². The summed E-state index contributed by atoms with van der Waals surface area (Å²) in [5, 5.41) is 18.6. The molecule has 0 fully saturated rings. The molecule has 0 amide bonds. The number of hydrogen-bond acceptors (Lipinski definition) is 4. The topological polar surface area (TPSA) is 66.8 Å². The Bertz CT molecular complexity index is 344. The molecular weight excluding hydrogens is 184 g/mol. The quantitative estimate of drug-likeness (QED) is 0.698. The summed E-state index contributed by atoms with van der Waals surface area (Å²) in [5.74, 6) is -0.772. The lowest BCUT2D eigenvalue weighted by Crippen LogP contribution is -2.03. The summed E-state index contributed by atoms with van der Waals surface area (Å²) >= 11 is 0. The van der Waals surface area contributed by atoms with E-state index >= 15 is 0 Å². The predicted octanol–water partition coefficient (Wildman–Crippen LogP) is 1.23. The predicted molar refractivity (Wildman–Crippen MR) is 50.1 cm³/mol. The van der Waals surface area contributed by atoms with E-state index in [9.17, 15) is 15.0 Å². The Kier molecular flexibility index (Phi) is 3.09. The summed E-state index contributed by atoms with van der Waals surface area (Å²) in [5.41, 5.74) is 0.620. The molecule has 1 unspecified atom stereocenters. The number of hydrogen-bond donors (Lipinski definition) is 2. The highest BCUT2D eigenvalue weighted by Gasteiger charge is 2.13. The number of benzene rings is 1. The molecule has 0 aliphatic carbocycles. The van der Waals surface area contributed by atoms with Gasteiger partial charge in [-0.05, 0) is 24.6 Å². The number of rotatable bonds is 2. The molecule has 0 spiro atoms. The maximum atomic E-state index is 11.1. The first-order chi connectivity index (χ1) is 6.56. The molecule has 2 N–H and O–H groups in total. The second-order valence-electron chi connectivity index (χ2n) is 2.94. The Morgan fingerprint density at radius 3 is 2.64 bits per heavy atom. The summed E-state index contributed by atoms with van der Waals surface area (Å²) in [6, 6.07) is 4.31. The number of ether oxygens (including phenoxy) is 1. The van der Waals surface area contributed by atoms with Crippen LogP contribution in [0.5, 0.6) is 5.75 Å². The standard InChI is InChI=1S/C10H12O4/c1-6(11)7-3-4-9(12)8(5-7)10(13)14-2/h3-6,11-12H,1-2H3. The first kappa shape index (κ1) is 10.5. The van der Waals surface area contributed by atoms with Crippen LogP contribution in [-0.4, -0.2) is 23.3 Å². The molecule has 0 heterocycles. The van der Waals surface area contributed by atoms with Crippen LogP contribution in [0.25, 0.3) is 0 Å². The van der Waals surface area contributed by atoms with Crippen molar-refractivity contribution in [2.75, 3.05) is 7.11 Å². The van der Waals surface area contributed by atoms with E-state index in [-0.39, 0.29) is 11.3 Å². The van der Waals surface area contributed by atoms with Gasteiger partial charge in [0.2, 0.25) is 0 Å². The largest absolute Gasteiger partial charge is 0.507 e. The van der Waals surface area contributed by atoms with E-state index < -0.39 is 12.1 Å². The van der Waals surface area contributed by atoms with Crippen molar-refractivity contribution >= 4 is 5.97 Å². The molecule has 14 heavy (non-hydrogen) atoms. The normalized spacial score (nSPS) is 12.2. The van der Waals surface area contributed by atoms with E-state index in [1.165, 1.54) is 19.2 Å². The zero-order valence-corrected chi connectivity index (χ0v) is 8.02. The van der Waals surface area contributed by atoms with Crippen molar-refractivity contribution < 1.29 is 19.7 Å². The highest BCUT2D eigenvalue weighted by Crippen LogP contribution is 2.22. The molecule has 0 radical (unpaired) electrons. The number of aliphatic hydroxyl groups excluding tert-OH is 1. The van der Waals surface area contributed by atoms with Gasteiger partial charge in [-0.15, -0.1) is 0 Å². The summed E-state index contributed by atoms with van der Waals surface area (Å²) in [7, 11) is 1.23. The van der Waals surface area contributed by atoms with E-state index in [4.69, 9.17) is 0 Å². The van der Waals surface area contributed by atoms with Crippen molar-refractivity contribution in [2.45, 2.75) is 13.0 Å². The minimum absolute atomic E-state index is 0.0610. The summed E-state index contributed by atoms with van der Waals surface area (Å²) in [4.78, 5) is 11.1. The molecule has 76 valence electrons. The third-order valence-corrected chi connectivity index (χ3v) is 1.91. The summed E-state index contributed by atoms with van der Waals surface area (Å²) in [6.07, 6.45) is -0.681. The molecular formula is C10H12O4. The molecule has 1 atom stereocenters. The number of phenols is 1. The maximum absolute atomic E-state index is 11.1. The molecule has 0 aliphatic rings. The van der Waals surface area contributed by atoms with E-state index in [1.54, 1.807) is 13.0 Å². The van der Waals surface area contributed by atoms with E-state index in [0.29, 0.717) is 5.56 Å². The zero-order chi connectivity index (χ0) is 10.7. The van der Waals surface area contributed by atoms with Gasteiger partial charge >= 0.3 is 5.97 Å². The van der Waals surface area contributed by atoms with E-state index in [1.807, 2.05) is 0 Å². The fourth-order valence-corrected chi connectivity index (χ4v) is 1.09. The van der Waals surface area contributed by atoms with Crippen LogP contribution in [0.4, 0.5) is 0 Å². The van der Waals surface area contributed by atoms with Gasteiger partial charge in [-0.2, -0.15) is 0 Å². The van der Waals surface area contributed by atoms with Crippen molar-refractivity contribution in [1.82, 2.24) is 0 Å². The highest BCUT2D eigenvalue weighted by molar-refractivity contribution is 5.92. The monoisotopic (exact) mass is 196 g/mol. The third kappa shape index (κ3) is 2.03. The van der Waals surface area contributed by atoms with Crippen LogP contribution in [0.1, 0.15) is 28.9 Å². The minimum Gasteiger partial charge on any atom is -0.507 e. The van der Waals surface area contributed by atoms with Crippen LogP contribution < -0.4 is 0 Å². The molecule has 1 aromatic carbocycles. The first-order valence-corrected chi connectivity index (χ1v) is 4.15. The second-order valence-corrected chi connectivity index (χ2v) is 2.94. The van der Waals surface area contributed by atoms with E-state index in [0.717, 1.165) is 0 Å². The zero-order valence-electron chi connectivity index (χ0n) is 8.02. The van der Waals surface area contributed by atoms with E-state index in [2.05, 4.69) is 4.74 Å². The van der Waals surface area contributed by atoms with Gasteiger partial charge < -0.3 is 14.9 Å². The molecule has 0 aliphatic heterocycles. The third-order valence-electron chi connectivity index (χ3n) is 1.91. The Hall–Kier alpha value is -1.55. The van der Waals surface area contributed by atoms with Gasteiger partial charge in [0.15, 0.2) is 0 Å². The average Bonchev–Trinajstić information content (AvgIpc) is 2.17. The van der Waals surface area contributed by atoms with Gasteiger partial charge in [0.1, 0.15) is 11.3 Å². The van der Waals surface area contributed by atoms with Crippen LogP contribution in [0.3, 0.4) is 0 Å². The fraction of sp³-hybridized carbons (Fsp3) is 0.300. The molecule has 4 heteroatoms. The molecule has 0 aromatic heterocycles. The van der Waals surface area contributed by atoms with Crippen LogP contribution in [0.15, 0.2) is 18.2 Å². The van der Waals surface area contributed by atoms with Crippen molar-refractivity contribution in [2.24, 2.45) is 0 Å². The number of aliphatic hydroxyl groups is 1. The molecule has 0 saturated heterocycles. The molecule has 1 rings (SSSR count). The Morgan fingerprint density at radius 2 is 2.14 bits per heavy atom. The smallest absolute Gasteiger partial charge is 0.341 e. The second kappa shape index (κ2) is 4.11. The van der Waals surface area contributed by atoms with Gasteiger partial charge in [0, 0.05) is 0 Å². The molecule has 4 nitrogen and oxygen atoms in total. The lowest BCUT2D eigenvalue weighted by molar-refractivity contribution is 0.0597. The van der Waals surface area contributed by atoms with Gasteiger partial charge in [-0.3, -0.25) is 0 Å². The van der Waals surface area contributed by atoms with Crippen LogP contribution in [0, 0.1) is 0 Å². The van der Waals surface area contributed by atoms with Crippen LogP contribution in [-0.2, 0) is 4.74 Å². The Labute approximate surface area is 81.8 Å². The molecule has 1 aromatic rings. The van der Waals surface area contributed by atoms with Crippen LogP contribution in [0.2, 0.25) is 0 Å². The summed E-state index contributed by atoms with van der Waals surface area (Å²) in [6.45, 7) is 1.58. The van der Waals surface area contributed by atoms with Crippen molar-refractivity contribution in [3.05, 3.63) is 29.3 Å². The minimum atomic E-state index is -0.681. The first-order valence-electron chi connectivity index (χ1n) is 4.15. The van der Waals surface area contributed by atoms with Crippen molar-refractivity contribution in [3.8, 4) is 5.75 Å². The number of phenolic OH excluding ortho intramolecular Hbond substituents is 1.